The van der Waals surface area contributed by atoms with Crippen LogP contribution in [0.4, 0.5) is 0 Å². The van der Waals surface area contributed by atoms with Crippen molar-refractivity contribution >= 4 is 41.4 Å². The van der Waals surface area contributed by atoms with Crippen LogP contribution in [0.15, 0.2) is 41.3 Å². The molecule has 0 N–H and O–H groups in total. The third-order valence-corrected chi connectivity index (χ3v) is 5.34. The molecule has 6 heteroatoms. The predicted octanol–water partition coefficient (Wildman–Crippen LogP) is 3.72. The molecule has 1 aliphatic carbocycles. The van der Waals surface area contributed by atoms with Crippen LogP contribution in [0.2, 0.25) is 0 Å². The Kier molecular flexibility index (Phi) is 3.23. The maximum atomic E-state index is 12.5. The van der Waals surface area contributed by atoms with Gasteiger partial charge in [-0.1, -0.05) is 52.3 Å². The fourth-order valence-electron chi connectivity index (χ4n) is 2.51. The largest absolute Gasteiger partial charge is 0.289 e. The Morgan fingerprint density at radius 2 is 1.65 bits per heavy atom. The number of carbonyl (C=O) groups is 1. The van der Waals surface area contributed by atoms with Crippen molar-refractivity contribution < 1.29 is 13.2 Å². The van der Waals surface area contributed by atoms with E-state index < -0.39 is 9.05 Å². The van der Waals surface area contributed by atoms with Crippen LogP contribution < -0.4 is 0 Å². The van der Waals surface area contributed by atoms with Crippen LogP contribution in [0.1, 0.15) is 21.5 Å². The van der Waals surface area contributed by atoms with Crippen molar-refractivity contribution in [2.45, 2.75) is 10.2 Å². The molecule has 0 atom stereocenters. The molecule has 0 unspecified atom stereocenters. The molecule has 2 aromatic carbocycles. The summed E-state index contributed by atoms with van der Waals surface area (Å²) in [5.41, 5.74) is 2.54. The quantitative estimate of drug-likeness (QED) is 0.509. The minimum Gasteiger partial charge on any atom is -0.289 e. The smallest absolute Gasteiger partial charge is 0.262 e. The van der Waals surface area contributed by atoms with Gasteiger partial charge in [-0.05, 0) is 16.7 Å². The zero-order valence-electron chi connectivity index (χ0n) is 10.1. The highest BCUT2D eigenvalue weighted by molar-refractivity contribution is 9.08. The topological polar surface area (TPSA) is 51.2 Å². The van der Waals surface area contributed by atoms with Crippen LogP contribution >= 0.6 is 26.6 Å². The minimum absolute atomic E-state index is 0.0882. The fraction of sp³-hybridized carbons (Fsp3) is 0.0714. The lowest BCUT2D eigenvalue weighted by Gasteiger charge is -2.09. The Morgan fingerprint density at radius 3 is 2.25 bits per heavy atom. The summed E-state index contributed by atoms with van der Waals surface area (Å²) in [6, 6.07) is 10.5. The first-order valence-electron chi connectivity index (χ1n) is 5.75. The first kappa shape index (κ1) is 13.8. The number of halogens is 2. The number of carbonyl (C=O) groups excluding carboxylic acids is 1. The molecule has 0 heterocycles. The van der Waals surface area contributed by atoms with E-state index in [1.165, 1.54) is 0 Å². The van der Waals surface area contributed by atoms with E-state index in [4.69, 9.17) is 10.7 Å². The molecule has 0 spiro atoms. The zero-order chi connectivity index (χ0) is 14.5. The molecule has 3 nitrogen and oxygen atoms in total. The molecule has 0 amide bonds. The third kappa shape index (κ3) is 1.92. The Labute approximate surface area is 129 Å². The number of hydrogen-bond donors (Lipinski definition) is 0. The van der Waals surface area contributed by atoms with Gasteiger partial charge in [-0.3, -0.25) is 4.79 Å². The number of alkyl halides is 1. The van der Waals surface area contributed by atoms with Gasteiger partial charge in [0.1, 0.15) is 0 Å². The molecule has 0 fully saturated rings. The average Bonchev–Trinajstić information content (AvgIpc) is 2.71. The van der Waals surface area contributed by atoms with Crippen LogP contribution in [0.25, 0.3) is 11.1 Å². The van der Waals surface area contributed by atoms with Crippen LogP contribution in [0, 0.1) is 0 Å². The van der Waals surface area contributed by atoms with Gasteiger partial charge < -0.3 is 0 Å². The maximum Gasteiger partial charge on any atom is 0.262 e. The molecular weight excluding hydrogens is 364 g/mol. The second-order valence-corrected chi connectivity index (χ2v) is 7.49. The monoisotopic (exact) mass is 370 g/mol. The van der Waals surface area contributed by atoms with Crippen molar-refractivity contribution in [3.05, 3.63) is 53.1 Å². The molecule has 0 saturated heterocycles. The van der Waals surface area contributed by atoms with E-state index in [0.717, 1.165) is 5.56 Å². The molecule has 102 valence electrons. The maximum absolute atomic E-state index is 12.5. The van der Waals surface area contributed by atoms with Crippen molar-refractivity contribution in [1.29, 1.82) is 0 Å². The molecule has 2 aromatic rings. The van der Waals surface area contributed by atoms with Crippen molar-refractivity contribution in [3.8, 4) is 11.1 Å². The number of ketones is 1. The summed E-state index contributed by atoms with van der Waals surface area (Å²) >= 11 is 3.23. The normalized spacial score (nSPS) is 13.2. The third-order valence-electron chi connectivity index (χ3n) is 3.32. The van der Waals surface area contributed by atoms with E-state index in [0.29, 0.717) is 22.0 Å². The van der Waals surface area contributed by atoms with Gasteiger partial charge in [-0.15, -0.1) is 0 Å². The molecular formula is C14H8BrClO3S. The second kappa shape index (κ2) is 4.69. The Bertz CT molecular complexity index is 843. The van der Waals surface area contributed by atoms with E-state index in [9.17, 15) is 13.2 Å². The highest BCUT2D eigenvalue weighted by Gasteiger charge is 2.34. The SMILES string of the molecule is O=C1c2ccccc2-c2ccc(CBr)c(S(=O)(=O)Cl)c21. The molecule has 3 rings (SSSR count). The van der Waals surface area contributed by atoms with Crippen LogP contribution in [0.3, 0.4) is 0 Å². The van der Waals surface area contributed by atoms with Crippen LogP contribution in [-0.2, 0) is 14.4 Å². The van der Waals surface area contributed by atoms with Crippen molar-refractivity contribution in [1.82, 2.24) is 0 Å². The van der Waals surface area contributed by atoms with Gasteiger partial charge in [0, 0.05) is 21.6 Å². The van der Waals surface area contributed by atoms with Gasteiger partial charge in [0.05, 0.1) is 10.5 Å². The molecule has 0 aromatic heterocycles. The number of benzene rings is 2. The first-order valence-corrected chi connectivity index (χ1v) is 9.19. The Morgan fingerprint density at radius 1 is 1.00 bits per heavy atom. The van der Waals surface area contributed by atoms with E-state index >= 15 is 0 Å². The fourth-order valence-corrected chi connectivity index (χ4v) is 4.59. The van der Waals surface area contributed by atoms with Crippen LogP contribution in [-0.4, -0.2) is 14.2 Å². The molecule has 0 radical (unpaired) electrons. The van der Waals surface area contributed by atoms with Gasteiger partial charge in [-0.2, -0.15) is 0 Å². The highest BCUT2D eigenvalue weighted by Crippen LogP contribution is 2.42. The summed E-state index contributed by atoms with van der Waals surface area (Å²) in [5.74, 6) is -0.294. The standard InChI is InChI=1S/C14H8BrClO3S/c15-7-8-5-6-10-9-3-1-2-4-11(9)13(17)12(10)14(8)20(16,18)19/h1-6H,7H2. The molecule has 1 aliphatic rings. The van der Waals surface area contributed by atoms with E-state index in [2.05, 4.69) is 15.9 Å². The summed E-state index contributed by atoms with van der Waals surface area (Å²) in [4.78, 5) is 12.4. The first-order chi connectivity index (χ1) is 9.45. The number of rotatable bonds is 2. The summed E-state index contributed by atoms with van der Waals surface area (Å²) in [7, 11) is 1.53. The molecule has 20 heavy (non-hydrogen) atoms. The van der Waals surface area contributed by atoms with Gasteiger partial charge in [0.15, 0.2) is 5.78 Å². The average molecular weight is 372 g/mol. The van der Waals surface area contributed by atoms with E-state index in [-0.39, 0.29) is 16.2 Å². The zero-order valence-corrected chi connectivity index (χ0v) is 13.2. The molecule has 0 aliphatic heterocycles. The lowest BCUT2D eigenvalue weighted by Crippen LogP contribution is -2.06. The van der Waals surface area contributed by atoms with Gasteiger partial charge >= 0.3 is 0 Å². The van der Waals surface area contributed by atoms with Gasteiger partial charge in [0.25, 0.3) is 9.05 Å². The summed E-state index contributed by atoms with van der Waals surface area (Å²) < 4.78 is 23.7. The van der Waals surface area contributed by atoms with Gasteiger partial charge in [0.2, 0.25) is 0 Å². The van der Waals surface area contributed by atoms with Crippen LogP contribution in [0.5, 0.6) is 0 Å². The summed E-state index contributed by atoms with van der Waals surface area (Å²) in [6.45, 7) is 0. The van der Waals surface area contributed by atoms with Gasteiger partial charge in [-0.25, -0.2) is 8.42 Å². The molecule has 0 saturated carbocycles. The minimum atomic E-state index is -4.00. The van der Waals surface area contributed by atoms with Crippen molar-refractivity contribution in [2.75, 3.05) is 0 Å². The number of fused-ring (bicyclic) bond motifs is 3. The second-order valence-electron chi connectivity index (χ2n) is 4.42. The summed E-state index contributed by atoms with van der Waals surface area (Å²) in [6.07, 6.45) is 0. The Hall–Kier alpha value is -1.17. The van der Waals surface area contributed by atoms with Crippen molar-refractivity contribution in [3.63, 3.8) is 0 Å². The number of hydrogen-bond acceptors (Lipinski definition) is 3. The Balaban J connectivity index is 2.44. The lowest BCUT2D eigenvalue weighted by molar-refractivity contribution is 0.104. The highest BCUT2D eigenvalue weighted by atomic mass is 79.9. The predicted molar refractivity (Wildman–Crippen MR) is 81.0 cm³/mol. The van der Waals surface area contributed by atoms with E-state index in [1.54, 1.807) is 30.3 Å². The molecule has 0 bridgehead atoms. The van der Waals surface area contributed by atoms with Crippen molar-refractivity contribution in [2.24, 2.45) is 0 Å². The van der Waals surface area contributed by atoms with E-state index in [1.807, 2.05) is 6.07 Å². The summed E-state index contributed by atoms with van der Waals surface area (Å²) in [5, 5.41) is 0.311. The lowest BCUT2D eigenvalue weighted by atomic mass is 10.0.